The van der Waals surface area contributed by atoms with Gasteiger partial charge in [-0.3, -0.25) is 9.69 Å². The molecule has 1 saturated heterocycles. The van der Waals surface area contributed by atoms with Crippen LogP contribution in [0.1, 0.15) is 30.0 Å². The van der Waals surface area contributed by atoms with Crippen molar-refractivity contribution in [1.29, 1.82) is 0 Å². The van der Waals surface area contributed by atoms with Crippen LogP contribution in [0.3, 0.4) is 0 Å². The molecule has 4 nitrogen and oxygen atoms in total. The first kappa shape index (κ1) is 19.2. The average Bonchev–Trinajstić information content (AvgIpc) is 2.64. The monoisotopic (exact) mass is 437 g/mol. The summed E-state index contributed by atoms with van der Waals surface area (Å²) in [7, 11) is 1.64. The number of methoxy groups -OCH3 is 1. The number of benzene rings is 2. The lowest BCUT2D eigenvalue weighted by Gasteiger charge is -2.38. The van der Waals surface area contributed by atoms with Crippen molar-refractivity contribution in [3.63, 3.8) is 0 Å². The number of ether oxygens (including phenoxy) is 1. The number of piperidine rings is 1. The molecular formula is C20H21BrClNO3. The van der Waals surface area contributed by atoms with E-state index >= 15 is 0 Å². The molecule has 0 amide bonds. The van der Waals surface area contributed by atoms with Crippen LogP contribution >= 0.6 is 27.5 Å². The molecule has 2 aromatic rings. The van der Waals surface area contributed by atoms with Crippen LogP contribution in [0.15, 0.2) is 46.9 Å². The Balaban J connectivity index is 2.10. The molecule has 1 heterocycles. The van der Waals surface area contributed by atoms with Gasteiger partial charge >= 0.3 is 5.97 Å². The molecule has 0 spiro atoms. The molecule has 1 aliphatic rings. The first-order chi connectivity index (χ1) is 12.5. The Morgan fingerprint density at radius 1 is 1.31 bits per heavy atom. The molecule has 3 rings (SSSR count). The fourth-order valence-corrected chi connectivity index (χ4v) is 4.30. The number of hydrogen-bond acceptors (Lipinski definition) is 3. The third kappa shape index (κ3) is 4.05. The lowest BCUT2D eigenvalue weighted by Crippen LogP contribution is -2.41. The third-order valence-electron chi connectivity index (χ3n) is 4.85. The molecule has 2 aromatic carbocycles. The first-order valence-corrected chi connectivity index (χ1v) is 9.73. The standard InChI is InChI=1S/C20H21BrClNO3/c1-26-18-9-8-14(22)11-16(18)19(15-6-2-3-7-17(15)21)23-10-4-5-13(12-23)20(24)25/h2-3,6-9,11,13,19H,4-5,10,12H2,1H3,(H,24,25). The minimum atomic E-state index is -0.737. The van der Waals surface area contributed by atoms with Gasteiger partial charge in [-0.2, -0.15) is 0 Å². The molecule has 2 unspecified atom stereocenters. The maximum absolute atomic E-state index is 11.6. The highest BCUT2D eigenvalue weighted by molar-refractivity contribution is 9.10. The van der Waals surface area contributed by atoms with Gasteiger partial charge in [0.25, 0.3) is 0 Å². The number of carboxylic acid groups (broad SMARTS) is 1. The van der Waals surface area contributed by atoms with Gasteiger partial charge < -0.3 is 9.84 Å². The maximum Gasteiger partial charge on any atom is 0.307 e. The van der Waals surface area contributed by atoms with Crippen molar-refractivity contribution in [2.24, 2.45) is 5.92 Å². The first-order valence-electron chi connectivity index (χ1n) is 8.56. The van der Waals surface area contributed by atoms with Crippen molar-refractivity contribution in [3.8, 4) is 5.75 Å². The summed E-state index contributed by atoms with van der Waals surface area (Å²) in [5.41, 5.74) is 2.01. The molecule has 2 atom stereocenters. The van der Waals surface area contributed by atoms with Crippen LogP contribution in [0, 0.1) is 5.92 Å². The number of carboxylic acids is 1. The molecule has 0 saturated carbocycles. The molecule has 1 N–H and O–H groups in total. The van der Waals surface area contributed by atoms with E-state index < -0.39 is 5.97 Å². The number of rotatable bonds is 5. The SMILES string of the molecule is COc1ccc(Cl)cc1C(c1ccccc1Br)N1CCCC(C(=O)O)C1. The fourth-order valence-electron chi connectivity index (χ4n) is 3.62. The molecule has 0 aliphatic carbocycles. The zero-order valence-corrected chi connectivity index (χ0v) is 16.8. The number of hydrogen-bond donors (Lipinski definition) is 1. The molecular weight excluding hydrogens is 418 g/mol. The Kier molecular flexibility index (Phi) is 6.22. The van der Waals surface area contributed by atoms with E-state index in [2.05, 4.69) is 26.9 Å². The Morgan fingerprint density at radius 2 is 2.08 bits per heavy atom. The smallest absolute Gasteiger partial charge is 0.307 e. The molecule has 0 radical (unpaired) electrons. The van der Waals surface area contributed by atoms with Crippen molar-refractivity contribution >= 4 is 33.5 Å². The van der Waals surface area contributed by atoms with Crippen LogP contribution in [-0.4, -0.2) is 36.2 Å². The molecule has 1 aliphatic heterocycles. The lowest BCUT2D eigenvalue weighted by molar-refractivity contribution is -0.143. The summed E-state index contributed by atoms with van der Waals surface area (Å²) in [6.45, 7) is 1.32. The van der Waals surface area contributed by atoms with Gasteiger partial charge in [-0.25, -0.2) is 0 Å². The van der Waals surface area contributed by atoms with E-state index in [0.717, 1.165) is 34.3 Å². The molecule has 0 bridgehead atoms. The summed E-state index contributed by atoms with van der Waals surface area (Å²) < 4.78 is 6.57. The van der Waals surface area contributed by atoms with Crippen molar-refractivity contribution in [2.45, 2.75) is 18.9 Å². The molecule has 138 valence electrons. The highest BCUT2D eigenvalue weighted by Gasteiger charge is 2.33. The average molecular weight is 439 g/mol. The van der Waals surface area contributed by atoms with Crippen LogP contribution in [0.5, 0.6) is 5.75 Å². The van der Waals surface area contributed by atoms with Crippen LogP contribution in [-0.2, 0) is 4.79 Å². The zero-order valence-electron chi connectivity index (χ0n) is 14.5. The zero-order chi connectivity index (χ0) is 18.7. The second-order valence-corrected chi connectivity index (χ2v) is 7.77. The Morgan fingerprint density at radius 3 is 2.77 bits per heavy atom. The van der Waals surface area contributed by atoms with Gasteiger partial charge in [-0.05, 0) is 49.2 Å². The summed E-state index contributed by atoms with van der Waals surface area (Å²) in [5, 5.41) is 10.1. The van der Waals surface area contributed by atoms with E-state index in [0.29, 0.717) is 18.0 Å². The third-order valence-corrected chi connectivity index (χ3v) is 5.81. The topological polar surface area (TPSA) is 49.8 Å². The summed E-state index contributed by atoms with van der Waals surface area (Å²) in [6.07, 6.45) is 1.56. The van der Waals surface area contributed by atoms with Gasteiger partial charge in [-0.15, -0.1) is 0 Å². The Hall–Kier alpha value is -1.56. The van der Waals surface area contributed by atoms with E-state index in [1.54, 1.807) is 13.2 Å². The van der Waals surface area contributed by atoms with Gasteiger partial charge in [-0.1, -0.05) is 45.7 Å². The number of aliphatic carboxylic acids is 1. The molecule has 6 heteroatoms. The highest BCUT2D eigenvalue weighted by Crippen LogP contribution is 2.40. The van der Waals surface area contributed by atoms with Crippen molar-refractivity contribution in [1.82, 2.24) is 4.90 Å². The van der Waals surface area contributed by atoms with Crippen molar-refractivity contribution in [3.05, 3.63) is 63.1 Å². The second-order valence-electron chi connectivity index (χ2n) is 6.48. The maximum atomic E-state index is 11.6. The van der Waals surface area contributed by atoms with Crippen LogP contribution in [0.25, 0.3) is 0 Å². The number of halogens is 2. The van der Waals surface area contributed by atoms with E-state index in [1.165, 1.54) is 0 Å². The summed E-state index contributed by atoms with van der Waals surface area (Å²) in [6, 6.07) is 13.4. The Bertz CT molecular complexity index is 798. The highest BCUT2D eigenvalue weighted by atomic mass is 79.9. The lowest BCUT2D eigenvalue weighted by atomic mass is 9.91. The van der Waals surface area contributed by atoms with Crippen LogP contribution in [0.4, 0.5) is 0 Å². The minimum Gasteiger partial charge on any atom is -0.496 e. The predicted octanol–water partition coefficient (Wildman–Crippen LogP) is 5.00. The summed E-state index contributed by atoms with van der Waals surface area (Å²) in [4.78, 5) is 13.8. The number of likely N-dealkylation sites (tertiary alicyclic amines) is 1. The molecule has 0 aromatic heterocycles. The van der Waals surface area contributed by atoms with Gasteiger partial charge in [0.05, 0.1) is 19.1 Å². The normalized spacial score (nSPS) is 19.1. The summed E-state index contributed by atoms with van der Waals surface area (Å²) in [5.74, 6) is -0.356. The molecule has 1 fully saturated rings. The number of nitrogens with zero attached hydrogens (tertiary/aromatic N) is 1. The van der Waals surface area contributed by atoms with Gasteiger partial charge in [0.2, 0.25) is 0 Å². The van der Waals surface area contributed by atoms with Gasteiger partial charge in [0.15, 0.2) is 0 Å². The van der Waals surface area contributed by atoms with E-state index in [-0.39, 0.29) is 12.0 Å². The molecule has 26 heavy (non-hydrogen) atoms. The summed E-state index contributed by atoms with van der Waals surface area (Å²) >= 11 is 9.94. The van der Waals surface area contributed by atoms with E-state index in [9.17, 15) is 9.90 Å². The van der Waals surface area contributed by atoms with Crippen LogP contribution in [0.2, 0.25) is 5.02 Å². The quantitative estimate of drug-likeness (QED) is 0.714. The van der Waals surface area contributed by atoms with Crippen molar-refractivity contribution < 1.29 is 14.6 Å². The number of carbonyl (C=O) groups is 1. The predicted molar refractivity (Wildman–Crippen MR) is 106 cm³/mol. The largest absolute Gasteiger partial charge is 0.496 e. The second kappa shape index (κ2) is 8.42. The van der Waals surface area contributed by atoms with Crippen molar-refractivity contribution in [2.75, 3.05) is 20.2 Å². The Labute approximate surface area is 166 Å². The van der Waals surface area contributed by atoms with E-state index in [1.807, 2.05) is 30.3 Å². The van der Waals surface area contributed by atoms with E-state index in [4.69, 9.17) is 16.3 Å². The van der Waals surface area contributed by atoms with Crippen LogP contribution < -0.4 is 4.74 Å². The van der Waals surface area contributed by atoms with Gasteiger partial charge in [0, 0.05) is 21.6 Å². The van der Waals surface area contributed by atoms with Gasteiger partial charge in [0.1, 0.15) is 5.75 Å². The fraction of sp³-hybridized carbons (Fsp3) is 0.350. The minimum absolute atomic E-state index is 0.138.